The Labute approximate surface area is 127 Å². The molecule has 5 heteroatoms. The van der Waals surface area contributed by atoms with Crippen LogP contribution < -0.4 is 5.32 Å². The topological polar surface area (TPSA) is 29.1 Å². The first-order valence-corrected chi connectivity index (χ1v) is 8.93. The van der Waals surface area contributed by atoms with E-state index in [9.17, 15) is 13.0 Å². The van der Waals surface area contributed by atoms with Crippen molar-refractivity contribution >= 4 is 10.8 Å². The molecular formula is C16H23F2NOS. The van der Waals surface area contributed by atoms with Crippen LogP contribution in [0.1, 0.15) is 45.4 Å². The Morgan fingerprint density at radius 2 is 2.00 bits per heavy atom. The number of rotatable bonds is 5. The fourth-order valence-corrected chi connectivity index (χ4v) is 4.61. The molecule has 0 aliphatic heterocycles. The average Bonchev–Trinajstić information content (AvgIpc) is 2.72. The molecule has 1 N–H and O–H groups in total. The van der Waals surface area contributed by atoms with E-state index in [1.807, 2.05) is 0 Å². The first kappa shape index (κ1) is 16.6. The highest BCUT2D eigenvalue weighted by molar-refractivity contribution is 7.85. The van der Waals surface area contributed by atoms with E-state index in [1.54, 1.807) is 0 Å². The lowest BCUT2D eigenvalue weighted by Gasteiger charge is -2.25. The molecule has 118 valence electrons. The molecule has 0 bridgehead atoms. The van der Waals surface area contributed by atoms with Gasteiger partial charge < -0.3 is 5.32 Å². The first-order valence-electron chi connectivity index (χ1n) is 7.72. The summed E-state index contributed by atoms with van der Waals surface area (Å²) in [5.41, 5.74) is 0. The van der Waals surface area contributed by atoms with Gasteiger partial charge in [0.25, 0.3) is 0 Å². The summed E-state index contributed by atoms with van der Waals surface area (Å²) in [4.78, 5) is 0.00481. The monoisotopic (exact) mass is 315 g/mol. The van der Waals surface area contributed by atoms with E-state index in [0.29, 0.717) is 0 Å². The molecule has 3 unspecified atom stereocenters. The van der Waals surface area contributed by atoms with Crippen molar-refractivity contribution in [3.8, 4) is 0 Å². The molecular weight excluding hydrogens is 292 g/mol. The van der Waals surface area contributed by atoms with Gasteiger partial charge in [-0.15, -0.1) is 0 Å². The third-order valence-corrected chi connectivity index (χ3v) is 5.85. The number of benzene rings is 1. The van der Waals surface area contributed by atoms with Crippen molar-refractivity contribution in [3.63, 3.8) is 0 Å². The summed E-state index contributed by atoms with van der Waals surface area (Å²) >= 11 is 0. The predicted molar refractivity (Wildman–Crippen MR) is 81.7 cm³/mol. The minimum Gasteiger partial charge on any atom is -0.313 e. The van der Waals surface area contributed by atoms with E-state index in [0.717, 1.165) is 63.3 Å². The fourth-order valence-electron chi connectivity index (χ4n) is 2.89. The highest BCUT2D eigenvalue weighted by atomic mass is 32.2. The fraction of sp³-hybridized carbons (Fsp3) is 0.625. The lowest BCUT2D eigenvalue weighted by Crippen LogP contribution is -2.42. The second-order valence-corrected chi connectivity index (χ2v) is 7.25. The molecule has 1 aromatic carbocycles. The number of hydrogen-bond acceptors (Lipinski definition) is 2. The summed E-state index contributed by atoms with van der Waals surface area (Å²) in [6, 6.07) is 3.33. The smallest absolute Gasteiger partial charge is 0.139 e. The van der Waals surface area contributed by atoms with Crippen LogP contribution in [-0.4, -0.2) is 22.0 Å². The SMILES string of the molecule is CCCNC1CCCCCC1S(=O)c1cc(F)ccc1F. The molecule has 2 nitrogen and oxygen atoms in total. The van der Waals surface area contributed by atoms with Crippen molar-refractivity contribution in [3.05, 3.63) is 29.8 Å². The summed E-state index contributed by atoms with van der Waals surface area (Å²) in [6.07, 6.45) is 5.96. The van der Waals surface area contributed by atoms with Crippen molar-refractivity contribution < 1.29 is 13.0 Å². The molecule has 1 aliphatic rings. The summed E-state index contributed by atoms with van der Waals surface area (Å²) < 4.78 is 40.0. The van der Waals surface area contributed by atoms with Crippen molar-refractivity contribution in [2.75, 3.05) is 6.54 Å². The number of hydrogen-bond donors (Lipinski definition) is 1. The van der Waals surface area contributed by atoms with Gasteiger partial charge in [0.1, 0.15) is 11.6 Å². The van der Waals surface area contributed by atoms with Gasteiger partial charge in [0.2, 0.25) is 0 Å². The van der Waals surface area contributed by atoms with Gasteiger partial charge in [0.15, 0.2) is 0 Å². The van der Waals surface area contributed by atoms with E-state index in [-0.39, 0.29) is 16.2 Å². The predicted octanol–water partition coefficient (Wildman–Crippen LogP) is 3.77. The highest BCUT2D eigenvalue weighted by Crippen LogP contribution is 2.27. The van der Waals surface area contributed by atoms with Crippen LogP contribution in [0.5, 0.6) is 0 Å². The van der Waals surface area contributed by atoms with Crippen molar-refractivity contribution in [1.82, 2.24) is 5.32 Å². The van der Waals surface area contributed by atoms with Gasteiger partial charge in [-0.1, -0.05) is 26.2 Å². The molecule has 0 aromatic heterocycles. The van der Waals surface area contributed by atoms with Crippen molar-refractivity contribution in [2.45, 2.75) is 61.6 Å². The summed E-state index contributed by atoms with van der Waals surface area (Å²) in [5, 5.41) is 3.29. The molecule has 0 radical (unpaired) electrons. The minimum absolute atomic E-state index is 0.00481. The maximum absolute atomic E-state index is 13.9. The van der Waals surface area contributed by atoms with Gasteiger partial charge in [-0.25, -0.2) is 8.78 Å². The number of nitrogens with one attached hydrogen (secondary N) is 1. The van der Waals surface area contributed by atoms with Gasteiger partial charge >= 0.3 is 0 Å². The Morgan fingerprint density at radius 3 is 2.76 bits per heavy atom. The third kappa shape index (κ3) is 4.33. The van der Waals surface area contributed by atoms with Crippen LogP contribution in [0.4, 0.5) is 8.78 Å². The summed E-state index contributed by atoms with van der Waals surface area (Å²) in [6.45, 7) is 2.95. The van der Waals surface area contributed by atoms with Crippen molar-refractivity contribution in [1.29, 1.82) is 0 Å². The second-order valence-electron chi connectivity index (χ2n) is 5.61. The van der Waals surface area contributed by atoms with Gasteiger partial charge in [-0.2, -0.15) is 0 Å². The largest absolute Gasteiger partial charge is 0.313 e. The molecule has 1 saturated carbocycles. The average molecular weight is 315 g/mol. The van der Waals surface area contributed by atoms with E-state index < -0.39 is 22.4 Å². The summed E-state index contributed by atoms with van der Waals surface area (Å²) in [7, 11) is -1.51. The highest BCUT2D eigenvalue weighted by Gasteiger charge is 2.30. The van der Waals surface area contributed by atoms with Crippen LogP contribution in [0.15, 0.2) is 23.1 Å². The molecule has 0 saturated heterocycles. The standard InChI is InChI=1S/C16H23F2NOS/c1-2-10-19-14-6-4-3-5-7-15(14)21(20)16-11-12(17)8-9-13(16)18/h8-9,11,14-15,19H,2-7,10H2,1H3. The van der Waals surface area contributed by atoms with Gasteiger partial charge in [0.05, 0.1) is 20.9 Å². The van der Waals surface area contributed by atoms with E-state index in [1.165, 1.54) is 0 Å². The lowest BCUT2D eigenvalue weighted by molar-refractivity contribution is 0.461. The van der Waals surface area contributed by atoms with Crippen LogP contribution in [0.25, 0.3) is 0 Å². The Hall–Kier alpha value is -0.810. The Balaban J connectivity index is 2.22. The number of halogens is 2. The van der Waals surface area contributed by atoms with E-state index in [2.05, 4.69) is 12.2 Å². The Morgan fingerprint density at radius 1 is 1.24 bits per heavy atom. The van der Waals surface area contributed by atoms with E-state index >= 15 is 0 Å². The van der Waals surface area contributed by atoms with Crippen LogP contribution in [0.3, 0.4) is 0 Å². The molecule has 0 heterocycles. The molecule has 3 atom stereocenters. The van der Waals surface area contributed by atoms with Crippen LogP contribution in [0, 0.1) is 11.6 Å². The van der Waals surface area contributed by atoms with Crippen LogP contribution in [0.2, 0.25) is 0 Å². The summed E-state index contributed by atoms with van der Waals surface area (Å²) in [5.74, 6) is -1.11. The lowest BCUT2D eigenvalue weighted by atomic mass is 10.1. The van der Waals surface area contributed by atoms with Crippen LogP contribution in [-0.2, 0) is 10.8 Å². The zero-order valence-corrected chi connectivity index (χ0v) is 13.2. The molecule has 0 spiro atoms. The van der Waals surface area contributed by atoms with Crippen molar-refractivity contribution in [2.24, 2.45) is 0 Å². The Kier molecular flexibility index (Phi) is 6.30. The molecule has 21 heavy (non-hydrogen) atoms. The van der Waals surface area contributed by atoms with Gasteiger partial charge in [-0.05, 0) is 44.0 Å². The third-order valence-electron chi connectivity index (χ3n) is 3.99. The molecule has 1 aromatic rings. The molecule has 1 fully saturated rings. The normalized spacial score (nSPS) is 24.5. The maximum atomic E-state index is 13.9. The quantitative estimate of drug-likeness (QED) is 0.838. The molecule has 1 aliphatic carbocycles. The zero-order chi connectivity index (χ0) is 15.2. The Bertz CT molecular complexity index is 495. The molecule has 2 rings (SSSR count). The zero-order valence-electron chi connectivity index (χ0n) is 12.4. The van der Waals surface area contributed by atoms with Crippen LogP contribution >= 0.6 is 0 Å². The molecule has 0 amide bonds. The minimum atomic E-state index is -1.51. The maximum Gasteiger partial charge on any atom is 0.139 e. The first-order chi connectivity index (χ1) is 10.1. The van der Waals surface area contributed by atoms with Gasteiger partial charge in [0, 0.05) is 6.04 Å². The van der Waals surface area contributed by atoms with Gasteiger partial charge in [-0.3, -0.25) is 4.21 Å². The second kappa shape index (κ2) is 7.99. The van der Waals surface area contributed by atoms with E-state index in [4.69, 9.17) is 0 Å².